The highest BCUT2D eigenvalue weighted by molar-refractivity contribution is 14.0. The van der Waals surface area contributed by atoms with E-state index in [1.54, 1.807) is 0 Å². The number of nitrogens with one attached hydrogen (secondary N) is 2. The zero-order chi connectivity index (χ0) is 17.2. The monoisotopic (exact) mass is 446 g/mol. The normalized spacial score (nSPS) is 12.9. The molecular formula is C19H35IN4. The van der Waals surface area contributed by atoms with Crippen molar-refractivity contribution in [1.29, 1.82) is 0 Å². The van der Waals surface area contributed by atoms with Crippen LogP contribution in [-0.2, 0) is 13.1 Å². The largest absolute Gasteiger partial charge is 0.354 e. The highest BCUT2D eigenvalue weighted by atomic mass is 127. The van der Waals surface area contributed by atoms with Gasteiger partial charge in [-0.25, -0.2) is 0 Å². The van der Waals surface area contributed by atoms with Crippen molar-refractivity contribution in [3.8, 4) is 0 Å². The van der Waals surface area contributed by atoms with E-state index >= 15 is 0 Å². The number of benzene rings is 1. The molecule has 0 fully saturated rings. The molecule has 0 saturated carbocycles. The van der Waals surface area contributed by atoms with Crippen molar-refractivity contribution in [2.45, 2.75) is 53.8 Å². The van der Waals surface area contributed by atoms with Gasteiger partial charge in [0.25, 0.3) is 0 Å². The van der Waals surface area contributed by atoms with Gasteiger partial charge in [-0.3, -0.25) is 9.89 Å². The van der Waals surface area contributed by atoms with Gasteiger partial charge in [0.15, 0.2) is 5.96 Å². The average molecular weight is 446 g/mol. The Bertz CT molecular complexity index is 467. The molecule has 0 aliphatic rings. The number of guanidine groups is 1. The lowest BCUT2D eigenvalue weighted by Gasteiger charge is -2.21. The molecule has 0 radical (unpaired) electrons. The summed E-state index contributed by atoms with van der Waals surface area (Å²) in [7, 11) is 1.82. The van der Waals surface area contributed by atoms with Crippen molar-refractivity contribution in [2.24, 2.45) is 10.9 Å². The number of hydrogen-bond donors (Lipinski definition) is 2. The fraction of sp³-hybridized carbons (Fsp3) is 0.632. The standard InChI is InChI=1S/C19H34N4.HI/c1-7-23(8-2)14-18-11-9-17(10-12-18)13-21-19(20-6)22-16(5)15(3)4;/h9-12,15-16H,7-8,13-14H2,1-6H3,(H2,20,21,22);1H. The highest BCUT2D eigenvalue weighted by Gasteiger charge is 2.08. The quantitative estimate of drug-likeness (QED) is 0.362. The Kier molecular flexibility index (Phi) is 12.1. The summed E-state index contributed by atoms with van der Waals surface area (Å²) in [6, 6.07) is 9.25. The Balaban J connectivity index is 0.00000529. The molecule has 1 atom stereocenters. The first-order valence-corrected chi connectivity index (χ1v) is 8.77. The van der Waals surface area contributed by atoms with Gasteiger partial charge in [0.2, 0.25) is 0 Å². The molecule has 0 spiro atoms. The Morgan fingerprint density at radius 2 is 1.58 bits per heavy atom. The van der Waals surface area contributed by atoms with Gasteiger partial charge in [0.05, 0.1) is 0 Å². The highest BCUT2D eigenvalue weighted by Crippen LogP contribution is 2.07. The van der Waals surface area contributed by atoms with E-state index in [0.29, 0.717) is 12.0 Å². The van der Waals surface area contributed by atoms with Crippen molar-refractivity contribution in [3.63, 3.8) is 0 Å². The molecule has 0 aliphatic heterocycles. The third-order valence-corrected chi connectivity index (χ3v) is 4.37. The summed E-state index contributed by atoms with van der Waals surface area (Å²) in [5.74, 6) is 1.44. The van der Waals surface area contributed by atoms with Crippen LogP contribution in [0.4, 0.5) is 0 Å². The van der Waals surface area contributed by atoms with Crippen LogP contribution in [0, 0.1) is 5.92 Å². The first kappa shape index (κ1) is 23.2. The number of rotatable bonds is 8. The zero-order valence-electron chi connectivity index (χ0n) is 16.1. The SMILES string of the molecule is CCN(CC)Cc1ccc(CNC(=NC)NC(C)C(C)C)cc1.I. The van der Waals surface area contributed by atoms with Gasteiger partial charge < -0.3 is 10.6 Å². The molecule has 0 aromatic heterocycles. The van der Waals surface area contributed by atoms with Crippen LogP contribution >= 0.6 is 24.0 Å². The lowest BCUT2D eigenvalue weighted by atomic mass is 10.1. The van der Waals surface area contributed by atoms with Crippen LogP contribution in [0.25, 0.3) is 0 Å². The Morgan fingerprint density at radius 1 is 1.04 bits per heavy atom. The lowest BCUT2D eigenvalue weighted by Crippen LogP contribution is -2.43. The fourth-order valence-corrected chi connectivity index (χ4v) is 2.23. The molecular weight excluding hydrogens is 411 g/mol. The summed E-state index contributed by atoms with van der Waals surface area (Å²) < 4.78 is 0. The fourth-order valence-electron chi connectivity index (χ4n) is 2.23. The molecule has 1 aromatic rings. The summed E-state index contributed by atoms with van der Waals surface area (Å²) in [5, 5.41) is 6.80. The zero-order valence-corrected chi connectivity index (χ0v) is 18.4. The number of hydrogen-bond acceptors (Lipinski definition) is 2. The van der Waals surface area contributed by atoms with Crippen LogP contribution in [-0.4, -0.2) is 37.0 Å². The molecule has 24 heavy (non-hydrogen) atoms. The summed E-state index contributed by atoms with van der Waals surface area (Å²) in [6.07, 6.45) is 0. The molecule has 138 valence electrons. The van der Waals surface area contributed by atoms with E-state index < -0.39 is 0 Å². The predicted molar refractivity (Wildman–Crippen MR) is 116 cm³/mol. The molecule has 2 N–H and O–H groups in total. The van der Waals surface area contributed by atoms with Gasteiger partial charge in [-0.1, -0.05) is 52.0 Å². The van der Waals surface area contributed by atoms with Crippen LogP contribution in [0.2, 0.25) is 0 Å². The summed E-state index contributed by atoms with van der Waals surface area (Å²) in [6.45, 7) is 15.0. The van der Waals surface area contributed by atoms with Crippen molar-refractivity contribution in [1.82, 2.24) is 15.5 Å². The molecule has 1 unspecified atom stereocenters. The van der Waals surface area contributed by atoms with Gasteiger partial charge in [-0.05, 0) is 37.1 Å². The summed E-state index contributed by atoms with van der Waals surface area (Å²) in [5.41, 5.74) is 2.64. The molecule has 0 amide bonds. The second-order valence-corrected chi connectivity index (χ2v) is 6.38. The van der Waals surface area contributed by atoms with Gasteiger partial charge >= 0.3 is 0 Å². The second-order valence-electron chi connectivity index (χ2n) is 6.38. The van der Waals surface area contributed by atoms with Gasteiger partial charge in [0, 0.05) is 26.2 Å². The van der Waals surface area contributed by atoms with E-state index in [1.807, 2.05) is 7.05 Å². The van der Waals surface area contributed by atoms with Crippen LogP contribution in [0.1, 0.15) is 45.7 Å². The number of nitrogens with zero attached hydrogens (tertiary/aromatic N) is 2. The van der Waals surface area contributed by atoms with Gasteiger partial charge in [-0.15, -0.1) is 24.0 Å². The second kappa shape index (κ2) is 12.5. The van der Waals surface area contributed by atoms with Crippen molar-refractivity contribution >= 4 is 29.9 Å². The summed E-state index contributed by atoms with van der Waals surface area (Å²) in [4.78, 5) is 6.72. The predicted octanol–water partition coefficient (Wildman–Crippen LogP) is 3.86. The molecule has 0 heterocycles. The first-order chi connectivity index (χ1) is 11.0. The molecule has 0 saturated heterocycles. The minimum absolute atomic E-state index is 0. The Labute approximate surface area is 165 Å². The number of aliphatic imine (C=N–C) groups is 1. The maximum absolute atomic E-state index is 4.29. The summed E-state index contributed by atoms with van der Waals surface area (Å²) >= 11 is 0. The maximum Gasteiger partial charge on any atom is 0.191 e. The third-order valence-electron chi connectivity index (χ3n) is 4.37. The molecule has 1 aromatic carbocycles. The lowest BCUT2D eigenvalue weighted by molar-refractivity contribution is 0.296. The van der Waals surface area contributed by atoms with Crippen molar-refractivity contribution < 1.29 is 0 Å². The van der Waals surface area contributed by atoms with Crippen molar-refractivity contribution in [3.05, 3.63) is 35.4 Å². The smallest absolute Gasteiger partial charge is 0.191 e. The number of halogens is 1. The van der Waals surface area contributed by atoms with Gasteiger partial charge in [0.1, 0.15) is 0 Å². The van der Waals surface area contributed by atoms with E-state index in [0.717, 1.165) is 32.1 Å². The Morgan fingerprint density at radius 3 is 2.04 bits per heavy atom. The van der Waals surface area contributed by atoms with E-state index in [2.05, 4.69) is 79.4 Å². The van der Waals surface area contributed by atoms with Crippen molar-refractivity contribution in [2.75, 3.05) is 20.1 Å². The van der Waals surface area contributed by atoms with Crippen LogP contribution in [0.15, 0.2) is 29.3 Å². The topological polar surface area (TPSA) is 39.7 Å². The van der Waals surface area contributed by atoms with Crippen LogP contribution < -0.4 is 10.6 Å². The van der Waals surface area contributed by atoms with E-state index in [1.165, 1.54) is 11.1 Å². The van der Waals surface area contributed by atoms with E-state index in [4.69, 9.17) is 0 Å². The van der Waals surface area contributed by atoms with Crippen LogP contribution in [0.3, 0.4) is 0 Å². The third kappa shape index (κ3) is 8.33. The minimum atomic E-state index is 0. The molecule has 0 aliphatic carbocycles. The molecule has 0 bridgehead atoms. The van der Waals surface area contributed by atoms with E-state index in [-0.39, 0.29) is 24.0 Å². The molecule has 4 nitrogen and oxygen atoms in total. The maximum atomic E-state index is 4.29. The van der Waals surface area contributed by atoms with Gasteiger partial charge in [-0.2, -0.15) is 0 Å². The first-order valence-electron chi connectivity index (χ1n) is 8.77. The average Bonchev–Trinajstić information content (AvgIpc) is 2.57. The molecule has 5 heteroatoms. The Hall–Kier alpha value is -0.820. The van der Waals surface area contributed by atoms with Crippen LogP contribution in [0.5, 0.6) is 0 Å². The minimum Gasteiger partial charge on any atom is -0.354 e. The molecule has 1 rings (SSSR count). The van der Waals surface area contributed by atoms with E-state index in [9.17, 15) is 0 Å².